The number of rotatable bonds is 8. The van der Waals surface area contributed by atoms with E-state index in [0.717, 1.165) is 74.3 Å². The summed E-state index contributed by atoms with van der Waals surface area (Å²) in [6.45, 7) is 2.38. The van der Waals surface area contributed by atoms with Crippen LogP contribution in [0.2, 0.25) is 0 Å². The van der Waals surface area contributed by atoms with Crippen LogP contribution in [0.25, 0.3) is 6.08 Å². The lowest BCUT2D eigenvalue weighted by Gasteiger charge is -2.31. The molecule has 1 fully saturated rings. The maximum Gasteiger partial charge on any atom is 0.235 e. The Morgan fingerprint density at radius 2 is 2.03 bits per heavy atom. The van der Waals surface area contributed by atoms with Crippen molar-refractivity contribution in [2.45, 2.75) is 44.9 Å². The van der Waals surface area contributed by atoms with Crippen LogP contribution in [-0.2, 0) is 9.59 Å². The lowest BCUT2D eigenvalue weighted by molar-refractivity contribution is -0.135. The van der Waals surface area contributed by atoms with Gasteiger partial charge in [0.25, 0.3) is 0 Å². The maximum atomic E-state index is 13.5. The number of carbonyl (C=O) groups is 2. The SMILES string of the molecule is N=C1CCCCN1CCCCCC1(C(N)=O)C=CC=C(C2=Cc3ccccc3NC2)C1=O. The van der Waals surface area contributed by atoms with Crippen molar-refractivity contribution in [3.05, 3.63) is 59.2 Å². The molecule has 0 spiro atoms. The topological polar surface area (TPSA) is 99.3 Å². The van der Waals surface area contributed by atoms with Gasteiger partial charge in [-0.3, -0.25) is 15.0 Å². The predicted octanol–water partition coefficient (Wildman–Crippen LogP) is 4.06. The standard InChI is InChI=1S/C26H32N4O2/c27-23-12-4-7-16-30(23)15-6-1-5-13-26(25(28)32)14-8-10-21(24(26)31)20-17-19-9-2-3-11-22(19)29-18-20/h2-3,8-11,14,17,27,29H,1,4-7,12-13,15-16,18H2,(H2,28,32). The number of hydrogen-bond donors (Lipinski definition) is 3. The number of unbranched alkanes of at least 4 members (excludes halogenated alkanes) is 2. The average Bonchev–Trinajstić information content (AvgIpc) is 2.80. The molecule has 1 saturated heterocycles. The van der Waals surface area contributed by atoms with Crippen LogP contribution in [0.5, 0.6) is 0 Å². The van der Waals surface area contributed by atoms with Gasteiger partial charge < -0.3 is 16.0 Å². The molecule has 32 heavy (non-hydrogen) atoms. The van der Waals surface area contributed by atoms with Gasteiger partial charge in [0, 0.05) is 37.3 Å². The normalized spacial score (nSPS) is 22.7. The maximum absolute atomic E-state index is 13.5. The van der Waals surface area contributed by atoms with Crippen LogP contribution in [0.1, 0.15) is 50.5 Å². The Morgan fingerprint density at radius 1 is 1.19 bits per heavy atom. The van der Waals surface area contributed by atoms with Crippen LogP contribution < -0.4 is 11.1 Å². The van der Waals surface area contributed by atoms with E-state index in [2.05, 4.69) is 10.2 Å². The third kappa shape index (κ3) is 4.40. The Balaban J connectivity index is 1.40. The van der Waals surface area contributed by atoms with Crippen molar-refractivity contribution in [2.75, 3.05) is 25.0 Å². The van der Waals surface area contributed by atoms with Crippen molar-refractivity contribution in [3.63, 3.8) is 0 Å². The molecule has 4 N–H and O–H groups in total. The van der Waals surface area contributed by atoms with Crippen LogP contribution in [0.3, 0.4) is 0 Å². The number of amidine groups is 1. The average molecular weight is 433 g/mol. The summed E-state index contributed by atoms with van der Waals surface area (Å²) in [6.07, 6.45) is 13.5. The van der Waals surface area contributed by atoms with Gasteiger partial charge in [-0.25, -0.2) is 0 Å². The van der Waals surface area contributed by atoms with Gasteiger partial charge in [-0.1, -0.05) is 49.3 Å². The number of nitrogens with one attached hydrogen (secondary N) is 2. The number of benzene rings is 1. The molecule has 168 valence electrons. The van der Waals surface area contributed by atoms with Gasteiger partial charge in [-0.2, -0.15) is 0 Å². The number of nitrogens with two attached hydrogens (primary N) is 1. The van der Waals surface area contributed by atoms with Crippen molar-refractivity contribution < 1.29 is 9.59 Å². The van der Waals surface area contributed by atoms with Gasteiger partial charge in [0.1, 0.15) is 5.41 Å². The molecule has 0 saturated carbocycles. The second-order valence-corrected chi connectivity index (χ2v) is 8.92. The van der Waals surface area contributed by atoms with Crippen LogP contribution in [0.4, 0.5) is 5.69 Å². The molecule has 0 bridgehead atoms. The number of likely N-dealkylation sites (tertiary alicyclic amines) is 1. The molecular formula is C26H32N4O2. The number of primary amides is 1. The van der Waals surface area contributed by atoms with E-state index < -0.39 is 11.3 Å². The Kier molecular flexibility index (Phi) is 6.58. The molecule has 6 nitrogen and oxygen atoms in total. The van der Waals surface area contributed by atoms with Gasteiger partial charge in [0.15, 0.2) is 5.78 Å². The molecule has 2 heterocycles. The summed E-state index contributed by atoms with van der Waals surface area (Å²) in [7, 11) is 0. The van der Waals surface area contributed by atoms with Gasteiger partial charge >= 0.3 is 0 Å². The van der Waals surface area contributed by atoms with Crippen LogP contribution in [-0.4, -0.2) is 42.1 Å². The molecule has 0 radical (unpaired) electrons. The third-order valence-electron chi connectivity index (χ3n) is 6.81. The number of amides is 1. The Morgan fingerprint density at radius 3 is 2.84 bits per heavy atom. The largest absolute Gasteiger partial charge is 0.380 e. The van der Waals surface area contributed by atoms with Crippen LogP contribution in [0, 0.1) is 10.8 Å². The zero-order valence-electron chi connectivity index (χ0n) is 18.5. The highest BCUT2D eigenvalue weighted by Gasteiger charge is 2.44. The number of para-hydroxylation sites is 1. The minimum Gasteiger partial charge on any atom is -0.380 e. The molecule has 1 aliphatic carbocycles. The van der Waals surface area contributed by atoms with E-state index >= 15 is 0 Å². The third-order valence-corrected chi connectivity index (χ3v) is 6.81. The summed E-state index contributed by atoms with van der Waals surface area (Å²) in [5, 5.41) is 11.4. The molecule has 1 amide bonds. The number of allylic oxidation sites excluding steroid dienone is 2. The fourth-order valence-corrected chi connectivity index (χ4v) is 4.87. The molecule has 2 aliphatic heterocycles. The van der Waals surface area contributed by atoms with Crippen LogP contribution in [0.15, 0.2) is 53.6 Å². The smallest absolute Gasteiger partial charge is 0.235 e. The number of piperidine rings is 1. The molecular weight excluding hydrogens is 400 g/mol. The first-order chi connectivity index (χ1) is 15.5. The number of ketones is 1. The van der Waals surface area contributed by atoms with Crippen molar-refractivity contribution in [2.24, 2.45) is 11.1 Å². The summed E-state index contributed by atoms with van der Waals surface area (Å²) < 4.78 is 0. The first-order valence-corrected chi connectivity index (χ1v) is 11.6. The van der Waals surface area contributed by atoms with E-state index in [-0.39, 0.29) is 5.78 Å². The van der Waals surface area contributed by atoms with E-state index in [9.17, 15) is 9.59 Å². The van der Waals surface area contributed by atoms with Gasteiger partial charge in [-0.05, 0) is 49.0 Å². The number of hydrogen-bond acceptors (Lipinski definition) is 4. The number of nitrogens with zero attached hydrogens (tertiary/aromatic N) is 1. The molecule has 1 aromatic rings. The zero-order chi connectivity index (χ0) is 22.6. The minimum absolute atomic E-state index is 0.197. The number of anilines is 1. The predicted molar refractivity (Wildman–Crippen MR) is 128 cm³/mol. The zero-order valence-corrected chi connectivity index (χ0v) is 18.5. The summed E-state index contributed by atoms with van der Waals surface area (Å²) in [4.78, 5) is 28.2. The van der Waals surface area contributed by atoms with E-state index in [0.29, 0.717) is 18.5 Å². The number of carbonyl (C=O) groups excluding carboxylic acids is 2. The molecule has 1 atom stereocenters. The minimum atomic E-state index is -1.28. The van der Waals surface area contributed by atoms with Gasteiger partial charge in [0.05, 0.1) is 5.84 Å². The lowest BCUT2D eigenvalue weighted by Crippen LogP contribution is -2.44. The van der Waals surface area contributed by atoms with Crippen molar-refractivity contribution in [1.29, 1.82) is 5.41 Å². The quantitative estimate of drug-likeness (QED) is 0.426. The molecule has 6 heteroatoms. The summed E-state index contributed by atoms with van der Waals surface area (Å²) in [5.41, 5.74) is 8.04. The highest BCUT2D eigenvalue weighted by molar-refractivity contribution is 6.18. The molecule has 0 aromatic heterocycles. The Labute approximate surface area is 189 Å². The molecule has 4 rings (SSSR count). The fourth-order valence-electron chi connectivity index (χ4n) is 4.87. The highest BCUT2D eigenvalue weighted by atomic mass is 16.2. The molecule has 1 unspecified atom stereocenters. The van der Waals surface area contributed by atoms with E-state index in [4.69, 9.17) is 11.1 Å². The molecule has 1 aromatic carbocycles. The van der Waals surface area contributed by atoms with Crippen molar-refractivity contribution >= 4 is 29.3 Å². The Hall–Kier alpha value is -3.15. The van der Waals surface area contributed by atoms with Gasteiger partial charge in [-0.15, -0.1) is 0 Å². The van der Waals surface area contributed by atoms with E-state index in [1.54, 1.807) is 18.2 Å². The monoisotopic (exact) mass is 432 g/mol. The van der Waals surface area contributed by atoms with E-state index in [1.165, 1.54) is 0 Å². The van der Waals surface area contributed by atoms with Crippen molar-refractivity contribution in [1.82, 2.24) is 4.90 Å². The van der Waals surface area contributed by atoms with Gasteiger partial charge in [0.2, 0.25) is 5.91 Å². The highest BCUT2D eigenvalue weighted by Crippen LogP contribution is 2.38. The summed E-state index contributed by atoms with van der Waals surface area (Å²) >= 11 is 0. The second-order valence-electron chi connectivity index (χ2n) is 8.92. The fraction of sp³-hybridized carbons (Fsp3) is 0.423. The Bertz CT molecular complexity index is 1010. The first-order valence-electron chi connectivity index (χ1n) is 11.6. The second kappa shape index (κ2) is 9.55. The number of Topliss-reactive ketones (excluding diaryl/α,β-unsaturated/α-hetero) is 1. The lowest BCUT2D eigenvalue weighted by atomic mass is 9.71. The van der Waals surface area contributed by atoms with Crippen molar-refractivity contribution in [3.8, 4) is 0 Å². The number of fused-ring (bicyclic) bond motifs is 1. The van der Waals surface area contributed by atoms with Crippen LogP contribution >= 0.6 is 0 Å². The first kappa shape index (κ1) is 22.1. The molecule has 3 aliphatic rings. The summed E-state index contributed by atoms with van der Waals surface area (Å²) in [5.74, 6) is -0.0365. The van der Waals surface area contributed by atoms with E-state index in [1.807, 2.05) is 30.3 Å². The summed E-state index contributed by atoms with van der Waals surface area (Å²) in [6, 6.07) is 7.97.